The highest BCUT2D eigenvalue weighted by atomic mass is 19.4. The summed E-state index contributed by atoms with van der Waals surface area (Å²) in [4.78, 5) is 33.9. The van der Waals surface area contributed by atoms with Crippen molar-refractivity contribution >= 4 is 11.7 Å². The molecule has 0 saturated carbocycles. The summed E-state index contributed by atoms with van der Waals surface area (Å²) in [7, 11) is 0. The third kappa shape index (κ3) is 4.45. The average Bonchev–Trinajstić information content (AvgIpc) is 2.73. The van der Waals surface area contributed by atoms with Crippen LogP contribution in [0.1, 0.15) is 22.4 Å². The second-order valence-corrected chi connectivity index (χ2v) is 7.39. The van der Waals surface area contributed by atoms with Crippen molar-refractivity contribution in [2.24, 2.45) is 0 Å². The average molecular weight is 428 g/mol. The number of hydrogen-bond acceptors (Lipinski definition) is 3. The Morgan fingerprint density at radius 3 is 2.68 bits per heavy atom. The van der Waals surface area contributed by atoms with Crippen molar-refractivity contribution in [1.29, 1.82) is 0 Å². The first-order valence-electron chi connectivity index (χ1n) is 9.63. The van der Waals surface area contributed by atoms with E-state index in [-0.39, 0.29) is 17.8 Å². The number of rotatable bonds is 2. The number of amides is 2. The number of fused-ring (bicyclic) bond motifs is 1. The first kappa shape index (κ1) is 20.6. The van der Waals surface area contributed by atoms with Crippen LogP contribution in [0.4, 0.5) is 23.7 Å². The molecule has 2 N–H and O–H groups in total. The molecule has 2 aromatic carbocycles. The molecule has 1 aromatic heterocycles. The molecule has 160 valence electrons. The number of halogens is 3. The van der Waals surface area contributed by atoms with E-state index in [1.54, 1.807) is 0 Å². The number of benzene rings is 2. The van der Waals surface area contributed by atoms with Gasteiger partial charge in [0.05, 0.1) is 23.4 Å². The Hall–Kier alpha value is -3.62. The molecule has 1 aliphatic heterocycles. The number of carbonyl (C=O) groups excluding carboxylic acids is 1. The fourth-order valence-electron chi connectivity index (χ4n) is 3.50. The maximum absolute atomic E-state index is 12.9. The van der Waals surface area contributed by atoms with Crippen LogP contribution in [-0.4, -0.2) is 27.4 Å². The largest absolute Gasteiger partial charge is 0.416 e. The zero-order valence-electron chi connectivity index (χ0n) is 16.6. The molecular weight excluding hydrogens is 409 g/mol. The number of aromatic nitrogens is 2. The van der Waals surface area contributed by atoms with Crippen molar-refractivity contribution < 1.29 is 18.0 Å². The molecule has 1 aliphatic rings. The number of hydrogen-bond donors (Lipinski definition) is 2. The molecule has 3 aromatic rings. The van der Waals surface area contributed by atoms with Crippen LogP contribution in [0, 0.1) is 6.92 Å². The molecule has 0 fully saturated rings. The standard InChI is InChI=1S/C22H19F3N4O2/c1-13-4-2-5-14(10-13)19-27-18-8-9-29(12-17(18)20(30)28-19)21(31)26-16-7-3-6-15(11-16)22(23,24)25/h2-7,10-11H,8-9,12H2,1H3,(H,26,31)(H,27,28,30). The molecule has 2 amide bonds. The van der Waals surface area contributed by atoms with Crippen LogP contribution in [0.2, 0.25) is 0 Å². The molecule has 0 radical (unpaired) electrons. The van der Waals surface area contributed by atoms with Crippen LogP contribution in [0.3, 0.4) is 0 Å². The molecule has 0 unspecified atom stereocenters. The lowest BCUT2D eigenvalue weighted by atomic mass is 10.1. The Kier molecular flexibility index (Phi) is 5.26. The van der Waals surface area contributed by atoms with E-state index in [0.717, 1.165) is 23.3 Å². The number of alkyl halides is 3. The van der Waals surface area contributed by atoms with E-state index < -0.39 is 17.8 Å². The van der Waals surface area contributed by atoms with Crippen LogP contribution in [0.5, 0.6) is 0 Å². The van der Waals surface area contributed by atoms with Crippen molar-refractivity contribution in [3.63, 3.8) is 0 Å². The zero-order valence-corrected chi connectivity index (χ0v) is 16.6. The summed E-state index contributed by atoms with van der Waals surface area (Å²) in [5.41, 5.74) is 1.68. The van der Waals surface area contributed by atoms with Gasteiger partial charge in [0.1, 0.15) is 5.82 Å². The zero-order chi connectivity index (χ0) is 22.2. The van der Waals surface area contributed by atoms with E-state index in [1.807, 2.05) is 31.2 Å². The van der Waals surface area contributed by atoms with E-state index in [1.165, 1.54) is 17.0 Å². The number of anilines is 1. The topological polar surface area (TPSA) is 78.1 Å². The summed E-state index contributed by atoms with van der Waals surface area (Å²) in [6.45, 7) is 2.26. The van der Waals surface area contributed by atoms with Gasteiger partial charge in [-0.1, -0.05) is 29.8 Å². The molecule has 2 heterocycles. The van der Waals surface area contributed by atoms with Gasteiger partial charge >= 0.3 is 12.2 Å². The first-order valence-corrected chi connectivity index (χ1v) is 9.63. The number of urea groups is 1. The Balaban J connectivity index is 1.53. The lowest BCUT2D eigenvalue weighted by Crippen LogP contribution is -2.41. The van der Waals surface area contributed by atoms with Gasteiger partial charge in [0, 0.05) is 24.2 Å². The summed E-state index contributed by atoms with van der Waals surface area (Å²) in [6.07, 6.45) is -4.13. The SMILES string of the molecule is Cc1cccc(-c2nc3c(c(=O)[nH]2)CN(C(=O)Nc2cccc(C(F)(F)F)c2)CC3)c1. The Morgan fingerprint density at radius 1 is 1.16 bits per heavy atom. The van der Waals surface area contributed by atoms with Gasteiger partial charge in [-0.05, 0) is 31.2 Å². The third-order valence-corrected chi connectivity index (χ3v) is 5.09. The minimum absolute atomic E-state index is 0.0244. The molecular formula is C22H19F3N4O2. The monoisotopic (exact) mass is 428 g/mol. The van der Waals surface area contributed by atoms with Crippen molar-refractivity contribution in [3.05, 3.63) is 81.3 Å². The van der Waals surface area contributed by atoms with Crippen LogP contribution in [0.25, 0.3) is 11.4 Å². The normalized spacial score (nSPS) is 13.6. The Bertz CT molecular complexity index is 1200. The van der Waals surface area contributed by atoms with Crippen LogP contribution in [0.15, 0.2) is 53.3 Å². The second-order valence-electron chi connectivity index (χ2n) is 7.39. The summed E-state index contributed by atoms with van der Waals surface area (Å²) in [5, 5.41) is 2.47. The van der Waals surface area contributed by atoms with Crippen molar-refractivity contribution in [2.75, 3.05) is 11.9 Å². The fraction of sp³-hybridized carbons (Fsp3) is 0.227. The summed E-state index contributed by atoms with van der Waals surface area (Å²) in [5.74, 6) is 0.467. The highest BCUT2D eigenvalue weighted by Crippen LogP contribution is 2.30. The molecule has 9 heteroatoms. The van der Waals surface area contributed by atoms with Crippen molar-refractivity contribution in [1.82, 2.24) is 14.9 Å². The minimum Gasteiger partial charge on any atom is -0.320 e. The molecule has 0 atom stereocenters. The van der Waals surface area contributed by atoms with Gasteiger partial charge in [-0.15, -0.1) is 0 Å². The number of nitrogens with one attached hydrogen (secondary N) is 2. The summed E-state index contributed by atoms with van der Waals surface area (Å²) >= 11 is 0. The molecule has 6 nitrogen and oxygen atoms in total. The van der Waals surface area contributed by atoms with Gasteiger partial charge in [0.15, 0.2) is 0 Å². The van der Waals surface area contributed by atoms with E-state index >= 15 is 0 Å². The van der Waals surface area contributed by atoms with E-state index in [9.17, 15) is 22.8 Å². The number of nitrogens with zero attached hydrogens (tertiary/aromatic N) is 2. The van der Waals surface area contributed by atoms with Crippen LogP contribution < -0.4 is 10.9 Å². The van der Waals surface area contributed by atoms with Gasteiger partial charge < -0.3 is 15.2 Å². The third-order valence-electron chi connectivity index (χ3n) is 5.09. The van der Waals surface area contributed by atoms with E-state index in [0.29, 0.717) is 30.0 Å². The molecule has 31 heavy (non-hydrogen) atoms. The molecule has 0 aliphatic carbocycles. The summed E-state index contributed by atoms with van der Waals surface area (Å²) in [6, 6.07) is 11.4. The highest BCUT2D eigenvalue weighted by Gasteiger charge is 2.31. The van der Waals surface area contributed by atoms with Gasteiger partial charge in [0.25, 0.3) is 5.56 Å². The van der Waals surface area contributed by atoms with Gasteiger partial charge in [-0.3, -0.25) is 4.79 Å². The molecule has 0 spiro atoms. The number of aromatic amines is 1. The highest BCUT2D eigenvalue weighted by molar-refractivity contribution is 5.89. The van der Waals surface area contributed by atoms with Gasteiger partial charge in [-0.25, -0.2) is 9.78 Å². The summed E-state index contributed by atoms with van der Waals surface area (Å²) < 4.78 is 38.6. The van der Waals surface area contributed by atoms with Crippen molar-refractivity contribution in [2.45, 2.75) is 26.1 Å². The van der Waals surface area contributed by atoms with Crippen LogP contribution >= 0.6 is 0 Å². The lowest BCUT2D eigenvalue weighted by Gasteiger charge is -2.28. The smallest absolute Gasteiger partial charge is 0.320 e. The number of carbonyl (C=O) groups is 1. The van der Waals surface area contributed by atoms with Crippen LogP contribution in [-0.2, 0) is 19.1 Å². The molecule has 0 saturated heterocycles. The van der Waals surface area contributed by atoms with E-state index in [4.69, 9.17) is 0 Å². The number of aryl methyl sites for hydroxylation is 1. The van der Waals surface area contributed by atoms with E-state index in [2.05, 4.69) is 15.3 Å². The maximum atomic E-state index is 12.9. The minimum atomic E-state index is -4.50. The Morgan fingerprint density at radius 2 is 1.94 bits per heavy atom. The second kappa shape index (κ2) is 7.90. The first-order chi connectivity index (χ1) is 14.7. The maximum Gasteiger partial charge on any atom is 0.416 e. The quantitative estimate of drug-likeness (QED) is 0.637. The Labute approximate surface area is 175 Å². The lowest BCUT2D eigenvalue weighted by molar-refractivity contribution is -0.137. The molecule has 4 rings (SSSR count). The molecule has 0 bridgehead atoms. The van der Waals surface area contributed by atoms with Gasteiger partial charge in [-0.2, -0.15) is 13.2 Å². The fourth-order valence-corrected chi connectivity index (χ4v) is 3.50. The number of H-pyrrole nitrogens is 1. The van der Waals surface area contributed by atoms with Gasteiger partial charge in [0.2, 0.25) is 0 Å². The predicted molar refractivity (Wildman–Crippen MR) is 110 cm³/mol. The van der Waals surface area contributed by atoms with Crippen molar-refractivity contribution in [3.8, 4) is 11.4 Å². The predicted octanol–water partition coefficient (Wildman–Crippen LogP) is 4.35.